The molecule has 4 rings (SSSR count). The number of hydrogen-bond acceptors (Lipinski definition) is 3. The van der Waals surface area contributed by atoms with Crippen LogP contribution in [0.5, 0.6) is 0 Å². The summed E-state index contributed by atoms with van der Waals surface area (Å²) in [5.41, 5.74) is 2.58. The molecule has 1 aliphatic heterocycles. The Morgan fingerprint density at radius 2 is 1.84 bits per heavy atom. The molecule has 0 saturated carbocycles. The number of hydrogen-bond donors (Lipinski definition) is 1. The van der Waals surface area contributed by atoms with Gasteiger partial charge in [0.25, 0.3) is 0 Å². The first kappa shape index (κ1) is 21.2. The Kier molecular flexibility index (Phi) is 7.05. The van der Waals surface area contributed by atoms with Gasteiger partial charge in [-0.25, -0.2) is 4.39 Å². The van der Waals surface area contributed by atoms with Crippen LogP contribution in [0.25, 0.3) is 0 Å². The average Bonchev–Trinajstić information content (AvgIpc) is 2.80. The van der Waals surface area contributed by atoms with Crippen LogP contribution in [0.1, 0.15) is 35.7 Å². The SMILES string of the molecule is O=C(Cc1ccccc1)N[C@@H](c1ccccn1)[C@H]1CCCN(Cc2ccccc2F)C1. The van der Waals surface area contributed by atoms with Crippen LogP contribution in [0.15, 0.2) is 79.0 Å². The third kappa shape index (κ3) is 5.76. The Labute approximate surface area is 183 Å². The number of carbonyl (C=O) groups is 1. The fraction of sp³-hybridized carbons (Fsp3) is 0.308. The van der Waals surface area contributed by atoms with Crippen molar-refractivity contribution in [2.45, 2.75) is 31.8 Å². The van der Waals surface area contributed by atoms with E-state index in [1.807, 2.05) is 60.7 Å². The number of benzene rings is 2. The summed E-state index contributed by atoms with van der Waals surface area (Å²) in [5, 5.41) is 3.25. The molecule has 3 aromatic rings. The summed E-state index contributed by atoms with van der Waals surface area (Å²) in [7, 11) is 0. The Morgan fingerprint density at radius 1 is 1.06 bits per heavy atom. The first-order valence-electron chi connectivity index (χ1n) is 10.9. The Balaban J connectivity index is 1.48. The maximum atomic E-state index is 14.2. The fourth-order valence-corrected chi connectivity index (χ4v) is 4.37. The fourth-order valence-electron chi connectivity index (χ4n) is 4.37. The molecule has 0 spiro atoms. The summed E-state index contributed by atoms with van der Waals surface area (Å²) in [6.07, 6.45) is 4.12. The lowest BCUT2D eigenvalue weighted by Crippen LogP contribution is -2.43. The van der Waals surface area contributed by atoms with E-state index in [9.17, 15) is 9.18 Å². The van der Waals surface area contributed by atoms with Crippen molar-refractivity contribution in [1.82, 2.24) is 15.2 Å². The van der Waals surface area contributed by atoms with Gasteiger partial charge >= 0.3 is 0 Å². The van der Waals surface area contributed by atoms with Crippen LogP contribution in [0.4, 0.5) is 4.39 Å². The van der Waals surface area contributed by atoms with E-state index in [-0.39, 0.29) is 23.7 Å². The second kappa shape index (κ2) is 10.3. The molecule has 0 radical (unpaired) electrons. The van der Waals surface area contributed by atoms with Gasteiger partial charge in [0.2, 0.25) is 5.91 Å². The van der Waals surface area contributed by atoms with E-state index in [1.165, 1.54) is 6.07 Å². The van der Waals surface area contributed by atoms with Crippen molar-refractivity contribution >= 4 is 5.91 Å². The molecule has 0 unspecified atom stereocenters. The maximum Gasteiger partial charge on any atom is 0.224 e. The molecule has 0 aliphatic carbocycles. The van der Waals surface area contributed by atoms with Gasteiger partial charge in [0.05, 0.1) is 18.2 Å². The van der Waals surface area contributed by atoms with Crippen LogP contribution in [0, 0.1) is 11.7 Å². The molecule has 4 nitrogen and oxygen atoms in total. The monoisotopic (exact) mass is 417 g/mol. The van der Waals surface area contributed by atoms with Crippen molar-refractivity contribution in [3.05, 3.63) is 102 Å². The van der Waals surface area contributed by atoms with Crippen molar-refractivity contribution in [3.8, 4) is 0 Å². The van der Waals surface area contributed by atoms with E-state index < -0.39 is 0 Å². The third-order valence-electron chi connectivity index (χ3n) is 5.90. The van der Waals surface area contributed by atoms with E-state index in [1.54, 1.807) is 12.3 Å². The molecular weight excluding hydrogens is 389 g/mol. The Bertz CT molecular complexity index is 980. The predicted octanol–water partition coefficient (Wildman–Crippen LogP) is 4.53. The Morgan fingerprint density at radius 3 is 2.61 bits per heavy atom. The van der Waals surface area contributed by atoms with E-state index in [4.69, 9.17) is 0 Å². The second-order valence-electron chi connectivity index (χ2n) is 8.19. The molecule has 1 saturated heterocycles. The number of nitrogens with one attached hydrogen (secondary N) is 1. The number of aromatic nitrogens is 1. The number of piperidine rings is 1. The van der Waals surface area contributed by atoms with Crippen molar-refractivity contribution in [3.63, 3.8) is 0 Å². The summed E-state index contributed by atoms with van der Waals surface area (Å²) in [5.74, 6) is 0.0466. The molecule has 1 N–H and O–H groups in total. The zero-order valence-corrected chi connectivity index (χ0v) is 17.6. The molecule has 1 fully saturated rings. The lowest BCUT2D eigenvalue weighted by atomic mass is 9.88. The lowest BCUT2D eigenvalue weighted by Gasteiger charge is -2.37. The van der Waals surface area contributed by atoms with Crippen LogP contribution in [0.3, 0.4) is 0 Å². The second-order valence-corrected chi connectivity index (χ2v) is 8.19. The molecule has 160 valence electrons. The van der Waals surface area contributed by atoms with Crippen molar-refractivity contribution < 1.29 is 9.18 Å². The van der Waals surface area contributed by atoms with Crippen LogP contribution < -0.4 is 5.32 Å². The number of halogens is 1. The summed E-state index contributed by atoms with van der Waals surface area (Å²) in [6, 6.07) is 22.4. The van der Waals surface area contributed by atoms with Gasteiger partial charge in [0.1, 0.15) is 5.82 Å². The highest BCUT2D eigenvalue weighted by atomic mass is 19.1. The molecule has 5 heteroatoms. The average molecular weight is 418 g/mol. The Hall–Kier alpha value is -3.05. The molecule has 2 aromatic carbocycles. The van der Waals surface area contributed by atoms with Gasteiger partial charge in [0, 0.05) is 24.8 Å². The number of nitrogens with zero attached hydrogens (tertiary/aromatic N) is 2. The minimum atomic E-state index is -0.166. The van der Waals surface area contributed by atoms with Gasteiger partial charge < -0.3 is 5.32 Å². The summed E-state index contributed by atoms with van der Waals surface area (Å²) >= 11 is 0. The summed E-state index contributed by atoms with van der Waals surface area (Å²) in [6.45, 7) is 2.30. The minimum absolute atomic E-state index is 0.00641. The standard InChI is InChI=1S/C26H28FN3O/c27-23-13-5-4-11-21(23)18-30-16-8-12-22(19-30)26(24-14-6-7-15-28-24)29-25(31)17-20-9-2-1-3-10-20/h1-7,9-11,13-15,22,26H,8,12,16-19H2,(H,29,31)/t22-,26+/m0/s1. The molecule has 1 aromatic heterocycles. The van der Waals surface area contributed by atoms with Gasteiger partial charge in [-0.2, -0.15) is 0 Å². The van der Waals surface area contributed by atoms with Crippen LogP contribution >= 0.6 is 0 Å². The van der Waals surface area contributed by atoms with E-state index >= 15 is 0 Å². The highest BCUT2D eigenvalue weighted by molar-refractivity contribution is 5.79. The number of rotatable bonds is 7. The predicted molar refractivity (Wildman–Crippen MR) is 120 cm³/mol. The molecule has 0 bridgehead atoms. The van der Waals surface area contributed by atoms with Crippen LogP contribution in [-0.4, -0.2) is 28.9 Å². The van der Waals surface area contributed by atoms with Gasteiger partial charge in [-0.3, -0.25) is 14.7 Å². The van der Waals surface area contributed by atoms with Crippen LogP contribution in [-0.2, 0) is 17.8 Å². The molecule has 1 aliphatic rings. The topological polar surface area (TPSA) is 45.2 Å². The van der Waals surface area contributed by atoms with Gasteiger partial charge in [0.15, 0.2) is 0 Å². The quantitative estimate of drug-likeness (QED) is 0.614. The van der Waals surface area contributed by atoms with Crippen molar-refractivity contribution in [1.29, 1.82) is 0 Å². The molecule has 2 atom stereocenters. The third-order valence-corrected chi connectivity index (χ3v) is 5.90. The molecule has 31 heavy (non-hydrogen) atoms. The number of likely N-dealkylation sites (tertiary alicyclic amines) is 1. The van der Waals surface area contributed by atoms with Gasteiger partial charge in [-0.15, -0.1) is 0 Å². The van der Waals surface area contributed by atoms with E-state index in [0.717, 1.165) is 37.2 Å². The smallest absolute Gasteiger partial charge is 0.224 e. The summed E-state index contributed by atoms with van der Waals surface area (Å²) < 4.78 is 14.2. The highest BCUT2D eigenvalue weighted by Crippen LogP contribution is 2.30. The highest BCUT2D eigenvalue weighted by Gasteiger charge is 2.30. The molecule has 2 heterocycles. The number of carbonyl (C=O) groups excluding carboxylic acids is 1. The van der Waals surface area contributed by atoms with Crippen molar-refractivity contribution in [2.24, 2.45) is 5.92 Å². The lowest BCUT2D eigenvalue weighted by molar-refractivity contribution is -0.121. The van der Waals surface area contributed by atoms with Crippen LogP contribution in [0.2, 0.25) is 0 Å². The minimum Gasteiger partial charge on any atom is -0.347 e. The molecule has 1 amide bonds. The number of pyridine rings is 1. The molecular formula is C26H28FN3O. The first-order chi connectivity index (χ1) is 15.2. The van der Waals surface area contributed by atoms with Crippen molar-refractivity contribution in [2.75, 3.05) is 13.1 Å². The largest absolute Gasteiger partial charge is 0.347 e. The van der Waals surface area contributed by atoms with E-state index in [2.05, 4.69) is 15.2 Å². The maximum absolute atomic E-state index is 14.2. The zero-order valence-electron chi connectivity index (χ0n) is 17.6. The normalized spacial score (nSPS) is 17.8. The van der Waals surface area contributed by atoms with Gasteiger partial charge in [-0.05, 0) is 49.1 Å². The first-order valence-corrected chi connectivity index (χ1v) is 10.9. The zero-order chi connectivity index (χ0) is 21.5. The van der Waals surface area contributed by atoms with E-state index in [0.29, 0.717) is 18.5 Å². The van der Waals surface area contributed by atoms with Gasteiger partial charge in [-0.1, -0.05) is 54.6 Å². The summed E-state index contributed by atoms with van der Waals surface area (Å²) in [4.78, 5) is 19.7. The number of amides is 1.